The Labute approximate surface area is 146 Å². The molecule has 0 spiro atoms. The Hall–Kier alpha value is -1.81. The molecule has 2 aromatic rings. The molecular formula is C19H22BrNO2. The van der Waals surface area contributed by atoms with Crippen LogP contribution in [0.4, 0.5) is 5.69 Å². The molecule has 2 rings (SSSR count). The van der Waals surface area contributed by atoms with Gasteiger partial charge in [-0.25, -0.2) is 0 Å². The van der Waals surface area contributed by atoms with E-state index >= 15 is 0 Å². The quantitative estimate of drug-likeness (QED) is 0.779. The van der Waals surface area contributed by atoms with Gasteiger partial charge in [0.25, 0.3) is 5.91 Å². The number of aryl methyl sites for hydroxylation is 3. The second-order valence-electron chi connectivity index (χ2n) is 5.41. The van der Waals surface area contributed by atoms with Gasteiger partial charge in [-0.1, -0.05) is 48.0 Å². The lowest BCUT2D eigenvalue weighted by Crippen LogP contribution is -2.21. The molecule has 0 aliphatic heterocycles. The summed E-state index contributed by atoms with van der Waals surface area (Å²) in [6.07, 6.45) is 1.74. The Bertz CT molecular complexity index is 698. The Morgan fingerprint density at radius 1 is 1.13 bits per heavy atom. The highest BCUT2D eigenvalue weighted by Crippen LogP contribution is 2.24. The molecule has 0 heterocycles. The van der Waals surface area contributed by atoms with Crippen molar-refractivity contribution in [1.82, 2.24) is 0 Å². The van der Waals surface area contributed by atoms with Gasteiger partial charge in [0, 0.05) is 10.2 Å². The molecule has 0 atom stereocenters. The Kier molecular flexibility index (Phi) is 6.22. The van der Waals surface area contributed by atoms with E-state index in [9.17, 15) is 4.79 Å². The van der Waals surface area contributed by atoms with E-state index in [2.05, 4.69) is 35.1 Å². The summed E-state index contributed by atoms with van der Waals surface area (Å²) in [6, 6.07) is 11.9. The van der Waals surface area contributed by atoms with E-state index < -0.39 is 0 Å². The van der Waals surface area contributed by atoms with Gasteiger partial charge in [0.15, 0.2) is 6.61 Å². The number of carbonyl (C=O) groups excluding carboxylic acids is 1. The minimum absolute atomic E-state index is 0.00607. The minimum Gasteiger partial charge on any atom is -0.483 e. The highest BCUT2D eigenvalue weighted by Gasteiger charge is 2.10. The van der Waals surface area contributed by atoms with Gasteiger partial charge in [-0.3, -0.25) is 4.79 Å². The maximum Gasteiger partial charge on any atom is 0.262 e. The number of ether oxygens (including phenoxy) is 1. The molecule has 0 aliphatic rings. The summed E-state index contributed by atoms with van der Waals surface area (Å²) in [6.45, 7) is 6.15. The molecule has 0 radical (unpaired) electrons. The molecule has 122 valence electrons. The number of nitrogens with one attached hydrogen (secondary N) is 1. The molecule has 0 unspecified atom stereocenters. The van der Waals surface area contributed by atoms with Crippen LogP contribution in [0.5, 0.6) is 5.75 Å². The molecule has 0 fully saturated rings. The van der Waals surface area contributed by atoms with Crippen molar-refractivity contribution >= 4 is 27.5 Å². The van der Waals surface area contributed by atoms with Crippen LogP contribution in [0.2, 0.25) is 0 Å². The third-order valence-corrected chi connectivity index (χ3v) is 4.26. The number of carbonyl (C=O) groups is 1. The average molecular weight is 376 g/mol. The average Bonchev–Trinajstić information content (AvgIpc) is 2.55. The predicted molar refractivity (Wildman–Crippen MR) is 98.2 cm³/mol. The molecule has 4 heteroatoms. The van der Waals surface area contributed by atoms with Gasteiger partial charge in [-0.15, -0.1) is 0 Å². The summed E-state index contributed by atoms with van der Waals surface area (Å²) in [5.74, 6) is 0.616. The molecule has 0 bridgehead atoms. The minimum atomic E-state index is -0.140. The van der Waals surface area contributed by atoms with Crippen LogP contribution in [-0.2, 0) is 17.6 Å². The summed E-state index contributed by atoms with van der Waals surface area (Å²) in [4.78, 5) is 12.2. The molecule has 0 aliphatic carbocycles. The van der Waals surface area contributed by atoms with Crippen molar-refractivity contribution < 1.29 is 9.53 Å². The zero-order valence-corrected chi connectivity index (χ0v) is 15.4. The van der Waals surface area contributed by atoms with E-state index in [0.717, 1.165) is 45.4 Å². The molecule has 0 saturated carbocycles. The summed E-state index contributed by atoms with van der Waals surface area (Å²) in [5.41, 5.74) is 4.18. The number of hydrogen-bond donors (Lipinski definition) is 1. The Morgan fingerprint density at radius 3 is 2.57 bits per heavy atom. The number of halogens is 1. The number of anilines is 1. The fraction of sp³-hybridized carbons (Fsp3) is 0.316. The van der Waals surface area contributed by atoms with Crippen LogP contribution in [0.3, 0.4) is 0 Å². The van der Waals surface area contributed by atoms with Gasteiger partial charge in [0.2, 0.25) is 0 Å². The number of hydrogen-bond acceptors (Lipinski definition) is 2. The molecule has 2 aromatic carbocycles. The molecule has 23 heavy (non-hydrogen) atoms. The number of amides is 1. The van der Waals surface area contributed by atoms with Crippen molar-refractivity contribution in [3.8, 4) is 5.75 Å². The predicted octanol–water partition coefficient (Wildman–Crippen LogP) is 4.90. The third kappa shape index (κ3) is 4.58. The molecule has 0 saturated heterocycles. The van der Waals surface area contributed by atoms with Crippen LogP contribution in [-0.4, -0.2) is 12.5 Å². The maximum absolute atomic E-state index is 12.2. The molecule has 1 amide bonds. The standard InChI is InChI=1S/C19H22BrNO2/c1-4-14-8-6-7-13(3)19(14)21-18(22)12-23-17-10-9-16(20)11-15(17)5-2/h6-11H,4-5,12H2,1-3H3,(H,21,22). The van der Waals surface area contributed by atoms with Crippen molar-refractivity contribution in [1.29, 1.82) is 0 Å². The van der Waals surface area contributed by atoms with Crippen LogP contribution in [0, 0.1) is 6.92 Å². The fourth-order valence-electron chi connectivity index (χ4n) is 2.49. The van der Waals surface area contributed by atoms with Crippen molar-refractivity contribution in [3.05, 3.63) is 57.6 Å². The molecule has 0 aromatic heterocycles. The van der Waals surface area contributed by atoms with Gasteiger partial charge in [-0.05, 0) is 54.7 Å². The Balaban J connectivity index is 2.04. The van der Waals surface area contributed by atoms with Gasteiger partial charge in [0.05, 0.1) is 0 Å². The van der Waals surface area contributed by atoms with Gasteiger partial charge >= 0.3 is 0 Å². The maximum atomic E-state index is 12.2. The molecule has 1 N–H and O–H groups in total. The van der Waals surface area contributed by atoms with E-state index in [4.69, 9.17) is 4.74 Å². The summed E-state index contributed by atoms with van der Waals surface area (Å²) in [7, 11) is 0. The SMILES string of the molecule is CCc1cc(Br)ccc1OCC(=O)Nc1c(C)cccc1CC. The summed E-state index contributed by atoms with van der Waals surface area (Å²) < 4.78 is 6.71. The fourth-order valence-corrected chi connectivity index (χ4v) is 2.89. The second kappa shape index (κ2) is 8.16. The summed E-state index contributed by atoms with van der Waals surface area (Å²) in [5, 5.41) is 2.98. The zero-order chi connectivity index (χ0) is 16.8. The van der Waals surface area contributed by atoms with E-state index in [1.165, 1.54) is 0 Å². The normalized spacial score (nSPS) is 10.4. The van der Waals surface area contributed by atoms with Gasteiger partial charge in [0.1, 0.15) is 5.75 Å². The summed E-state index contributed by atoms with van der Waals surface area (Å²) >= 11 is 3.45. The lowest BCUT2D eigenvalue weighted by molar-refractivity contribution is -0.118. The van der Waals surface area contributed by atoms with E-state index in [-0.39, 0.29) is 12.5 Å². The van der Waals surface area contributed by atoms with Crippen LogP contribution >= 0.6 is 15.9 Å². The Morgan fingerprint density at radius 2 is 1.87 bits per heavy atom. The van der Waals surface area contributed by atoms with E-state index in [1.54, 1.807) is 0 Å². The second-order valence-corrected chi connectivity index (χ2v) is 6.32. The van der Waals surface area contributed by atoms with E-state index in [0.29, 0.717) is 0 Å². The first-order valence-corrected chi connectivity index (χ1v) is 8.64. The monoisotopic (exact) mass is 375 g/mol. The van der Waals surface area contributed by atoms with Crippen molar-refractivity contribution in [2.45, 2.75) is 33.6 Å². The third-order valence-electron chi connectivity index (χ3n) is 3.77. The van der Waals surface area contributed by atoms with E-state index in [1.807, 2.05) is 43.3 Å². The highest BCUT2D eigenvalue weighted by molar-refractivity contribution is 9.10. The van der Waals surface area contributed by atoms with Crippen LogP contribution in [0.1, 0.15) is 30.5 Å². The lowest BCUT2D eigenvalue weighted by atomic mass is 10.1. The van der Waals surface area contributed by atoms with Crippen LogP contribution in [0.15, 0.2) is 40.9 Å². The lowest BCUT2D eigenvalue weighted by Gasteiger charge is -2.14. The molecular weight excluding hydrogens is 354 g/mol. The van der Waals surface area contributed by atoms with Gasteiger partial charge in [-0.2, -0.15) is 0 Å². The van der Waals surface area contributed by atoms with Crippen LogP contribution in [0.25, 0.3) is 0 Å². The first-order chi connectivity index (χ1) is 11.0. The highest BCUT2D eigenvalue weighted by atomic mass is 79.9. The topological polar surface area (TPSA) is 38.3 Å². The first kappa shape index (κ1) is 17.5. The number of benzene rings is 2. The zero-order valence-electron chi connectivity index (χ0n) is 13.8. The van der Waals surface area contributed by atoms with Gasteiger partial charge < -0.3 is 10.1 Å². The van der Waals surface area contributed by atoms with Crippen molar-refractivity contribution in [3.63, 3.8) is 0 Å². The first-order valence-electron chi connectivity index (χ1n) is 7.84. The number of para-hydroxylation sites is 1. The number of rotatable bonds is 6. The largest absolute Gasteiger partial charge is 0.483 e. The van der Waals surface area contributed by atoms with Crippen molar-refractivity contribution in [2.75, 3.05) is 11.9 Å². The van der Waals surface area contributed by atoms with Crippen LogP contribution < -0.4 is 10.1 Å². The van der Waals surface area contributed by atoms with Crippen molar-refractivity contribution in [2.24, 2.45) is 0 Å². The molecule has 3 nitrogen and oxygen atoms in total. The smallest absolute Gasteiger partial charge is 0.262 e.